The van der Waals surface area contributed by atoms with Gasteiger partial charge in [-0.1, -0.05) is 253 Å². The molecule has 81 heavy (non-hydrogen) atoms. The van der Waals surface area contributed by atoms with Crippen molar-refractivity contribution in [2.75, 3.05) is 39.6 Å². The lowest BCUT2D eigenvalue weighted by Crippen LogP contribution is -2.30. The largest absolute Gasteiger partial charge is 0.472 e. The summed E-state index contributed by atoms with van der Waals surface area (Å²) in [6, 6.07) is 0. The van der Waals surface area contributed by atoms with Gasteiger partial charge >= 0.3 is 39.5 Å². The Labute approximate surface area is 492 Å². The third kappa shape index (κ3) is 55.7. The second-order valence-electron chi connectivity index (χ2n) is 23.2. The van der Waals surface area contributed by atoms with Crippen LogP contribution >= 0.6 is 15.6 Å². The molecule has 0 fully saturated rings. The summed E-state index contributed by atoms with van der Waals surface area (Å²) in [5.41, 5.74) is 0. The number of ether oxygens (including phenoxy) is 4. The van der Waals surface area contributed by atoms with E-state index in [4.69, 9.17) is 37.0 Å². The number of phosphoric acid groups is 2. The van der Waals surface area contributed by atoms with E-state index in [0.29, 0.717) is 25.7 Å². The first kappa shape index (κ1) is 79.1. The zero-order valence-electron chi connectivity index (χ0n) is 52.1. The highest BCUT2D eigenvalue weighted by Gasteiger charge is 2.30. The molecule has 0 aliphatic rings. The predicted octanol–water partition coefficient (Wildman–Crippen LogP) is 16.9. The van der Waals surface area contributed by atoms with Gasteiger partial charge in [-0.15, -0.1) is 0 Å². The minimum absolute atomic E-state index is 0.104. The molecule has 0 radical (unpaired) electrons. The van der Waals surface area contributed by atoms with Crippen molar-refractivity contribution in [2.45, 2.75) is 323 Å². The Kier molecular flexibility index (Phi) is 53.4. The number of hydrogen-bond donors (Lipinski definition) is 3. The van der Waals surface area contributed by atoms with E-state index >= 15 is 0 Å². The van der Waals surface area contributed by atoms with Crippen LogP contribution in [0.4, 0.5) is 0 Å². The molecular weight excluding hydrogens is 1080 g/mol. The SMILES string of the molecule is CCCCCCCCCCC(=O)OC[C@H](COP(=O)(O)OC[C@H](O)COP(=O)(O)OC[C@@H](COC(=O)CCCCCCCCCCC(C)CC)OC(=O)CCCCCCCCCCCCC(C)C)OC(=O)CCCCCCCCCC. The maximum Gasteiger partial charge on any atom is 0.472 e. The molecule has 0 aliphatic carbocycles. The Bertz CT molecular complexity index is 1600. The van der Waals surface area contributed by atoms with E-state index in [1.807, 2.05) is 0 Å². The van der Waals surface area contributed by atoms with E-state index in [1.165, 1.54) is 109 Å². The number of hydrogen-bond acceptors (Lipinski definition) is 15. The van der Waals surface area contributed by atoms with Crippen LogP contribution in [0.1, 0.15) is 305 Å². The van der Waals surface area contributed by atoms with Gasteiger partial charge in [-0.05, 0) is 37.5 Å². The Morgan fingerprint density at radius 1 is 0.358 bits per heavy atom. The molecule has 0 rings (SSSR count). The molecule has 0 amide bonds. The maximum atomic E-state index is 13.0. The zero-order valence-corrected chi connectivity index (χ0v) is 53.9. The van der Waals surface area contributed by atoms with Crippen molar-refractivity contribution in [1.29, 1.82) is 0 Å². The molecule has 19 heteroatoms. The van der Waals surface area contributed by atoms with Gasteiger partial charge in [0.15, 0.2) is 12.2 Å². The lowest BCUT2D eigenvalue weighted by Gasteiger charge is -2.21. The summed E-state index contributed by atoms with van der Waals surface area (Å²) in [5, 5.41) is 10.5. The number of carbonyl (C=O) groups excluding carboxylic acids is 4. The third-order valence-corrected chi connectivity index (χ3v) is 16.5. The fraction of sp³-hybridized carbons (Fsp3) is 0.935. The summed E-state index contributed by atoms with van der Waals surface area (Å²) in [4.78, 5) is 72.0. The van der Waals surface area contributed by atoms with Crippen LogP contribution in [-0.2, 0) is 65.4 Å². The van der Waals surface area contributed by atoms with Crippen molar-refractivity contribution in [3.63, 3.8) is 0 Å². The topological polar surface area (TPSA) is 237 Å². The molecule has 17 nitrogen and oxygen atoms in total. The zero-order chi connectivity index (χ0) is 60.1. The van der Waals surface area contributed by atoms with Crippen molar-refractivity contribution >= 4 is 39.5 Å². The fourth-order valence-electron chi connectivity index (χ4n) is 9.15. The fourth-order valence-corrected chi connectivity index (χ4v) is 10.7. The molecule has 0 bridgehead atoms. The summed E-state index contributed by atoms with van der Waals surface area (Å²) in [6.45, 7) is 9.42. The van der Waals surface area contributed by atoms with Gasteiger partial charge in [-0.3, -0.25) is 37.3 Å². The van der Waals surface area contributed by atoms with Crippen LogP contribution in [0.15, 0.2) is 0 Å². The van der Waals surface area contributed by atoms with Gasteiger partial charge in [-0.2, -0.15) is 0 Å². The molecule has 0 heterocycles. The minimum atomic E-state index is -4.94. The smallest absolute Gasteiger partial charge is 0.462 e. The summed E-state index contributed by atoms with van der Waals surface area (Å²) in [7, 11) is -9.88. The van der Waals surface area contributed by atoms with E-state index in [1.54, 1.807) is 0 Å². The average Bonchev–Trinajstić information content (AvgIpc) is 3.43. The van der Waals surface area contributed by atoms with E-state index in [2.05, 4.69) is 41.5 Å². The molecule has 0 aliphatic heterocycles. The molecule has 3 N–H and O–H groups in total. The molecule has 0 saturated heterocycles. The van der Waals surface area contributed by atoms with Crippen molar-refractivity contribution in [2.24, 2.45) is 11.8 Å². The first-order chi connectivity index (χ1) is 38.9. The average molecular weight is 1200 g/mol. The van der Waals surface area contributed by atoms with Crippen LogP contribution in [0.5, 0.6) is 0 Å². The molecule has 0 aromatic heterocycles. The standard InChI is InChI=1S/C62H120O17P2/c1-7-10-12-14-16-26-32-38-44-59(64)72-50-57(78-61(66)46-40-34-27-17-15-13-11-8-2)52-76-80(68,69)74-48-56(63)49-75-81(70,71)77-53-58(51-73-60(65)45-39-33-28-23-22-25-31-37-43-55(6)9-3)79-62(67)47-41-35-29-21-19-18-20-24-30-36-42-54(4)5/h54-58,63H,7-53H2,1-6H3,(H,68,69)(H,70,71)/t55?,56-,57+,58+/m0/s1. The molecule has 3 unspecified atom stereocenters. The molecule has 480 valence electrons. The van der Waals surface area contributed by atoms with Gasteiger partial charge in [0.25, 0.3) is 0 Å². The Balaban J connectivity index is 5.22. The van der Waals surface area contributed by atoms with Gasteiger partial charge in [0.05, 0.1) is 26.4 Å². The molecule has 0 saturated carbocycles. The number of esters is 4. The first-order valence-electron chi connectivity index (χ1n) is 32.5. The van der Waals surface area contributed by atoms with Gasteiger partial charge < -0.3 is 33.8 Å². The summed E-state index contributed by atoms with van der Waals surface area (Å²) >= 11 is 0. The van der Waals surface area contributed by atoms with E-state index in [-0.39, 0.29) is 25.7 Å². The molecule has 0 spiro atoms. The highest BCUT2D eigenvalue weighted by molar-refractivity contribution is 7.47. The minimum Gasteiger partial charge on any atom is -0.462 e. The van der Waals surface area contributed by atoms with Crippen LogP contribution in [-0.4, -0.2) is 96.7 Å². The summed E-state index contributed by atoms with van der Waals surface area (Å²) in [5.74, 6) is -0.612. The monoisotopic (exact) mass is 1200 g/mol. The molecular formula is C62H120O17P2. The number of rotatable bonds is 61. The first-order valence-corrected chi connectivity index (χ1v) is 35.5. The number of aliphatic hydroxyl groups excluding tert-OH is 1. The molecule has 0 aromatic rings. The van der Waals surface area contributed by atoms with Crippen LogP contribution in [0.2, 0.25) is 0 Å². The van der Waals surface area contributed by atoms with Crippen LogP contribution in [0.3, 0.4) is 0 Å². The molecule has 6 atom stereocenters. The molecule has 0 aromatic carbocycles. The van der Waals surface area contributed by atoms with Gasteiger partial charge in [-0.25, -0.2) is 9.13 Å². The van der Waals surface area contributed by atoms with Crippen molar-refractivity contribution in [3.05, 3.63) is 0 Å². The maximum absolute atomic E-state index is 13.0. The lowest BCUT2D eigenvalue weighted by molar-refractivity contribution is -0.161. The predicted molar refractivity (Wildman–Crippen MR) is 321 cm³/mol. The highest BCUT2D eigenvalue weighted by Crippen LogP contribution is 2.45. The van der Waals surface area contributed by atoms with Crippen molar-refractivity contribution in [3.8, 4) is 0 Å². The Morgan fingerprint density at radius 2 is 0.630 bits per heavy atom. The van der Waals surface area contributed by atoms with Crippen molar-refractivity contribution in [1.82, 2.24) is 0 Å². The summed E-state index contributed by atoms with van der Waals surface area (Å²) < 4.78 is 67.8. The second kappa shape index (κ2) is 54.7. The third-order valence-electron chi connectivity index (χ3n) is 14.6. The second-order valence-corrected chi connectivity index (χ2v) is 26.1. The van der Waals surface area contributed by atoms with Gasteiger partial charge in [0.1, 0.15) is 19.3 Å². The van der Waals surface area contributed by atoms with Crippen LogP contribution < -0.4 is 0 Å². The lowest BCUT2D eigenvalue weighted by atomic mass is 9.99. The van der Waals surface area contributed by atoms with Crippen LogP contribution in [0, 0.1) is 11.8 Å². The van der Waals surface area contributed by atoms with E-state index in [0.717, 1.165) is 115 Å². The van der Waals surface area contributed by atoms with Crippen LogP contribution in [0.25, 0.3) is 0 Å². The van der Waals surface area contributed by atoms with E-state index in [9.17, 15) is 43.2 Å². The summed E-state index contributed by atoms with van der Waals surface area (Å²) in [6.07, 6.45) is 36.2. The quantitative estimate of drug-likeness (QED) is 0.0222. The Morgan fingerprint density at radius 3 is 0.938 bits per heavy atom. The van der Waals surface area contributed by atoms with Gasteiger partial charge in [0.2, 0.25) is 0 Å². The Hall–Kier alpha value is -1.94. The number of unbranched alkanes of at least 4 members (excludes halogenated alkanes) is 30. The van der Waals surface area contributed by atoms with E-state index < -0.39 is 97.5 Å². The van der Waals surface area contributed by atoms with Gasteiger partial charge in [0, 0.05) is 25.7 Å². The highest BCUT2D eigenvalue weighted by atomic mass is 31.2. The number of aliphatic hydroxyl groups is 1. The normalized spacial score (nSPS) is 14.7. The van der Waals surface area contributed by atoms with Crippen molar-refractivity contribution < 1.29 is 80.2 Å². The number of carbonyl (C=O) groups is 4. The number of phosphoric ester groups is 2.